The van der Waals surface area contributed by atoms with E-state index < -0.39 is 0 Å². The van der Waals surface area contributed by atoms with Gasteiger partial charge < -0.3 is 9.47 Å². The van der Waals surface area contributed by atoms with Crippen molar-refractivity contribution < 1.29 is 9.47 Å². The van der Waals surface area contributed by atoms with Crippen LogP contribution in [-0.4, -0.2) is 13.7 Å². The van der Waals surface area contributed by atoms with E-state index in [9.17, 15) is 0 Å². The summed E-state index contributed by atoms with van der Waals surface area (Å²) in [6, 6.07) is 6.11. The molecule has 0 radical (unpaired) electrons. The minimum atomic E-state index is 0.720. The third kappa shape index (κ3) is 4.71. The first-order valence-corrected chi connectivity index (χ1v) is 6.57. The van der Waals surface area contributed by atoms with E-state index in [1.807, 2.05) is 12.1 Å². The van der Waals surface area contributed by atoms with Crippen LogP contribution >= 0.6 is 0 Å². The Hall–Kier alpha value is -1.62. The molecule has 0 unspecified atom stereocenters. The number of aryl methyl sites for hydroxylation is 1. The molecule has 0 amide bonds. The summed E-state index contributed by atoms with van der Waals surface area (Å²) in [7, 11) is 1.68. The lowest BCUT2D eigenvalue weighted by molar-refractivity contribution is 0.294. The van der Waals surface area contributed by atoms with E-state index in [-0.39, 0.29) is 0 Å². The number of ether oxygens (including phenoxy) is 2. The zero-order valence-corrected chi connectivity index (χ0v) is 11.6. The Labute approximate surface area is 110 Å². The Balaban J connectivity index is 2.66. The highest BCUT2D eigenvalue weighted by Gasteiger charge is 2.05. The molecule has 0 N–H and O–H groups in total. The van der Waals surface area contributed by atoms with Gasteiger partial charge in [0, 0.05) is 12.8 Å². The Morgan fingerprint density at radius 3 is 2.61 bits per heavy atom. The zero-order valence-electron chi connectivity index (χ0n) is 11.6. The molecule has 1 rings (SSSR count). The van der Waals surface area contributed by atoms with Crippen molar-refractivity contribution in [2.45, 2.75) is 39.5 Å². The van der Waals surface area contributed by atoms with E-state index >= 15 is 0 Å². The summed E-state index contributed by atoms with van der Waals surface area (Å²) in [5.74, 6) is 7.86. The topological polar surface area (TPSA) is 18.5 Å². The molecule has 0 aliphatic carbocycles. The van der Waals surface area contributed by atoms with Gasteiger partial charge in [-0.25, -0.2) is 0 Å². The molecule has 0 heterocycles. The summed E-state index contributed by atoms with van der Waals surface area (Å²) < 4.78 is 11.0. The summed E-state index contributed by atoms with van der Waals surface area (Å²) in [5, 5.41) is 0. The highest BCUT2D eigenvalue weighted by Crippen LogP contribution is 2.28. The lowest BCUT2D eigenvalue weighted by atomic mass is 10.1. The highest BCUT2D eigenvalue weighted by atomic mass is 16.5. The van der Waals surface area contributed by atoms with Gasteiger partial charge in [0.15, 0.2) is 11.5 Å². The summed E-state index contributed by atoms with van der Waals surface area (Å²) in [6.45, 7) is 4.88. The fourth-order valence-electron chi connectivity index (χ4n) is 1.62. The minimum absolute atomic E-state index is 0.720. The van der Waals surface area contributed by atoms with Crippen LogP contribution in [0, 0.1) is 11.8 Å². The number of hydrogen-bond donors (Lipinski definition) is 0. The normalized spacial score (nSPS) is 9.50. The molecule has 1 aromatic carbocycles. The molecule has 2 nitrogen and oxygen atoms in total. The number of rotatable bonds is 6. The number of benzene rings is 1. The van der Waals surface area contributed by atoms with E-state index in [1.165, 1.54) is 5.56 Å². The third-order valence-corrected chi connectivity index (χ3v) is 2.53. The minimum Gasteiger partial charge on any atom is -0.493 e. The molecule has 98 valence electrons. The molecular formula is C16H22O2. The fourth-order valence-corrected chi connectivity index (χ4v) is 1.62. The van der Waals surface area contributed by atoms with E-state index in [0.717, 1.165) is 43.8 Å². The molecule has 0 aliphatic heterocycles. The first kappa shape index (κ1) is 14.4. The van der Waals surface area contributed by atoms with Gasteiger partial charge in [-0.3, -0.25) is 0 Å². The van der Waals surface area contributed by atoms with Crippen LogP contribution in [0.3, 0.4) is 0 Å². The molecule has 1 aromatic rings. The standard InChI is InChI=1S/C16H22O2/c1-4-6-7-8-9-14-10-11-15(18-12-5-2)16(13-14)17-3/h10-11,13H,4-5,8-9,12H2,1-3H3. The van der Waals surface area contributed by atoms with Crippen LogP contribution in [0.2, 0.25) is 0 Å². The SMILES string of the molecule is CCC#CCCc1ccc(OCCC)c(OC)c1. The van der Waals surface area contributed by atoms with Gasteiger partial charge in [-0.05, 0) is 30.5 Å². The Kier molecular flexibility index (Phi) is 6.79. The first-order valence-electron chi connectivity index (χ1n) is 6.57. The Morgan fingerprint density at radius 1 is 1.11 bits per heavy atom. The van der Waals surface area contributed by atoms with Gasteiger partial charge in [0.25, 0.3) is 0 Å². The lowest BCUT2D eigenvalue weighted by Gasteiger charge is -2.11. The van der Waals surface area contributed by atoms with E-state index in [0.29, 0.717) is 0 Å². The van der Waals surface area contributed by atoms with Crippen molar-refractivity contribution in [2.24, 2.45) is 0 Å². The fraction of sp³-hybridized carbons (Fsp3) is 0.500. The predicted octanol–water partition coefficient (Wildman–Crippen LogP) is 3.83. The van der Waals surface area contributed by atoms with Crippen molar-refractivity contribution in [1.82, 2.24) is 0 Å². The number of methoxy groups -OCH3 is 1. The molecule has 0 spiro atoms. The third-order valence-electron chi connectivity index (χ3n) is 2.53. The van der Waals surface area contributed by atoms with Crippen molar-refractivity contribution in [3.8, 4) is 23.3 Å². The second kappa shape index (κ2) is 8.47. The average Bonchev–Trinajstić information content (AvgIpc) is 2.41. The Bertz CT molecular complexity index is 413. The maximum absolute atomic E-state index is 5.62. The van der Waals surface area contributed by atoms with Gasteiger partial charge in [0.2, 0.25) is 0 Å². The molecular weight excluding hydrogens is 224 g/mol. The van der Waals surface area contributed by atoms with Crippen molar-refractivity contribution in [3.05, 3.63) is 23.8 Å². The van der Waals surface area contributed by atoms with Crippen LogP contribution < -0.4 is 9.47 Å². The highest BCUT2D eigenvalue weighted by molar-refractivity contribution is 5.43. The molecule has 18 heavy (non-hydrogen) atoms. The van der Waals surface area contributed by atoms with E-state index in [1.54, 1.807) is 7.11 Å². The van der Waals surface area contributed by atoms with Gasteiger partial charge >= 0.3 is 0 Å². The molecule has 0 aliphatic rings. The second-order valence-corrected chi connectivity index (χ2v) is 4.04. The first-order chi connectivity index (χ1) is 8.81. The van der Waals surface area contributed by atoms with Crippen LogP contribution in [-0.2, 0) is 6.42 Å². The van der Waals surface area contributed by atoms with Crippen LogP contribution in [0.4, 0.5) is 0 Å². The van der Waals surface area contributed by atoms with Gasteiger partial charge in [0.1, 0.15) is 0 Å². The smallest absolute Gasteiger partial charge is 0.161 e. The summed E-state index contributed by atoms with van der Waals surface area (Å²) in [4.78, 5) is 0. The maximum Gasteiger partial charge on any atom is 0.161 e. The zero-order chi connectivity index (χ0) is 13.2. The molecule has 0 saturated carbocycles. The van der Waals surface area contributed by atoms with Crippen molar-refractivity contribution in [1.29, 1.82) is 0 Å². The van der Waals surface area contributed by atoms with Gasteiger partial charge in [-0.15, -0.1) is 11.8 Å². The van der Waals surface area contributed by atoms with Crippen molar-refractivity contribution in [3.63, 3.8) is 0 Å². The average molecular weight is 246 g/mol. The van der Waals surface area contributed by atoms with Crippen LogP contribution in [0.5, 0.6) is 11.5 Å². The van der Waals surface area contributed by atoms with Crippen molar-refractivity contribution in [2.75, 3.05) is 13.7 Å². The summed E-state index contributed by atoms with van der Waals surface area (Å²) >= 11 is 0. The molecule has 0 aromatic heterocycles. The van der Waals surface area contributed by atoms with Gasteiger partial charge in [-0.1, -0.05) is 19.9 Å². The molecule has 0 bridgehead atoms. The van der Waals surface area contributed by atoms with Crippen LogP contribution in [0.15, 0.2) is 18.2 Å². The van der Waals surface area contributed by atoms with E-state index in [2.05, 4.69) is 31.8 Å². The molecule has 0 atom stereocenters. The number of hydrogen-bond acceptors (Lipinski definition) is 2. The van der Waals surface area contributed by atoms with E-state index in [4.69, 9.17) is 9.47 Å². The lowest BCUT2D eigenvalue weighted by Crippen LogP contribution is -1.98. The van der Waals surface area contributed by atoms with Gasteiger partial charge in [0.05, 0.1) is 13.7 Å². The quantitative estimate of drug-likeness (QED) is 0.710. The Morgan fingerprint density at radius 2 is 1.94 bits per heavy atom. The summed E-state index contributed by atoms with van der Waals surface area (Å²) in [5.41, 5.74) is 1.24. The van der Waals surface area contributed by atoms with Crippen LogP contribution in [0.1, 0.15) is 38.7 Å². The van der Waals surface area contributed by atoms with Crippen molar-refractivity contribution >= 4 is 0 Å². The maximum atomic E-state index is 5.62. The summed E-state index contributed by atoms with van der Waals surface area (Å²) in [6.07, 6.45) is 3.77. The molecule has 0 saturated heterocycles. The monoisotopic (exact) mass is 246 g/mol. The predicted molar refractivity (Wildman–Crippen MR) is 75.2 cm³/mol. The molecule has 2 heteroatoms. The van der Waals surface area contributed by atoms with Gasteiger partial charge in [-0.2, -0.15) is 0 Å². The largest absolute Gasteiger partial charge is 0.493 e. The second-order valence-electron chi connectivity index (χ2n) is 4.04. The van der Waals surface area contributed by atoms with Crippen LogP contribution in [0.25, 0.3) is 0 Å². The molecule has 0 fully saturated rings.